The number of benzene rings is 1. The number of thiocarbonyl (C=S) groups is 1. The maximum atomic E-state index is 11.7. The number of hydrogen-bond donors (Lipinski definition) is 2. The Labute approximate surface area is 139 Å². The molecule has 0 heterocycles. The molecule has 0 aliphatic rings. The van der Waals surface area contributed by atoms with Gasteiger partial charge in [-0.05, 0) is 24.7 Å². The minimum Gasteiger partial charge on any atom is -0.865 e. The van der Waals surface area contributed by atoms with Crippen LogP contribution in [0, 0.1) is 10.1 Å². The number of unbranched alkanes of at least 4 members (excludes halogenated alkanes) is 2. The van der Waals surface area contributed by atoms with Crippen LogP contribution in [0.4, 0.5) is 5.69 Å². The number of methoxy groups -OCH3 is 1. The van der Waals surface area contributed by atoms with Crippen molar-refractivity contribution >= 4 is 29.2 Å². The van der Waals surface area contributed by atoms with E-state index in [1.165, 1.54) is 19.4 Å². The van der Waals surface area contributed by atoms with E-state index >= 15 is 0 Å². The molecule has 0 amide bonds. The summed E-state index contributed by atoms with van der Waals surface area (Å²) in [5.41, 5.74) is 2.40. The van der Waals surface area contributed by atoms with Crippen LogP contribution in [-0.2, 0) is 0 Å². The van der Waals surface area contributed by atoms with Gasteiger partial charge in [-0.25, -0.2) is 0 Å². The van der Waals surface area contributed by atoms with Gasteiger partial charge in [0.1, 0.15) is 5.75 Å². The molecular weight excluding hydrogens is 320 g/mol. The molecule has 1 aromatic rings. The van der Waals surface area contributed by atoms with Gasteiger partial charge in [0.05, 0.1) is 18.2 Å². The Morgan fingerprint density at radius 1 is 1.48 bits per heavy atom. The molecule has 126 valence electrons. The van der Waals surface area contributed by atoms with Crippen LogP contribution < -0.4 is 20.6 Å². The molecule has 1 rings (SSSR count). The second-order valence-electron chi connectivity index (χ2n) is 4.66. The summed E-state index contributed by atoms with van der Waals surface area (Å²) in [5.74, 6) is -0.878. The van der Waals surface area contributed by atoms with E-state index in [1.807, 2.05) is 0 Å². The van der Waals surface area contributed by atoms with E-state index in [4.69, 9.17) is 17.0 Å². The molecule has 0 aromatic heterocycles. The highest BCUT2D eigenvalue weighted by molar-refractivity contribution is 7.80. The quantitative estimate of drug-likeness (QED) is 0.243. The first kappa shape index (κ1) is 18.6. The lowest BCUT2D eigenvalue weighted by atomic mass is 10.2. The van der Waals surface area contributed by atoms with Gasteiger partial charge in [0.15, 0.2) is 5.11 Å². The number of nitro groups is 1. The summed E-state index contributed by atoms with van der Waals surface area (Å²) < 4.78 is 4.84. The second-order valence-corrected chi connectivity index (χ2v) is 5.07. The Bertz CT molecular complexity index is 592. The number of rotatable bonds is 8. The van der Waals surface area contributed by atoms with Crippen LogP contribution in [0.25, 0.3) is 0 Å². The van der Waals surface area contributed by atoms with Gasteiger partial charge in [-0.2, -0.15) is 5.10 Å². The molecule has 23 heavy (non-hydrogen) atoms. The highest BCUT2D eigenvalue weighted by Gasteiger charge is 2.12. The van der Waals surface area contributed by atoms with Crippen molar-refractivity contribution in [3.8, 4) is 11.5 Å². The van der Waals surface area contributed by atoms with Crippen molar-refractivity contribution in [1.82, 2.24) is 10.7 Å². The summed E-state index contributed by atoms with van der Waals surface area (Å²) in [5, 5.41) is 29.8. The van der Waals surface area contributed by atoms with Crippen LogP contribution in [0.3, 0.4) is 0 Å². The van der Waals surface area contributed by atoms with Crippen LogP contribution in [-0.4, -0.2) is 29.9 Å². The molecule has 8 nitrogen and oxygen atoms in total. The first-order valence-corrected chi connectivity index (χ1v) is 7.50. The van der Waals surface area contributed by atoms with E-state index in [9.17, 15) is 15.2 Å². The zero-order valence-corrected chi connectivity index (χ0v) is 13.8. The van der Waals surface area contributed by atoms with Crippen LogP contribution in [0.2, 0.25) is 0 Å². The Morgan fingerprint density at radius 2 is 2.22 bits per heavy atom. The molecule has 0 spiro atoms. The maximum absolute atomic E-state index is 11.7. The van der Waals surface area contributed by atoms with Crippen molar-refractivity contribution in [2.24, 2.45) is 5.10 Å². The fourth-order valence-electron chi connectivity index (χ4n) is 1.75. The summed E-state index contributed by atoms with van der Waals surface area (Å²) in [6.45, 7) is 2.86. The predicted octanol–water partition coefficient (Wildman–Crippen LogP) is 1.67. The molecule has 0 unspecified atom stereocenters. The van der Waals surface area contributed by atoms with E-state index in [1.54, 1.807) is 0 Å². The standard InChI is InChI=1S/C14H20N4O4S/c1-3-4-5-6-15-14(23)17-16-9-10-7-11(18(20)21)13(19)12(8-10)22-2/h7-9,19H,3-6H2,1-2H3,(H2,15,17,23)/p-1/b16-9-. The normalized spacial score (nSPS) is 10.5. The highest BCUT2D eigenvalue weighted by Crippen LogP contribution is 2.33. The van der Waals surface area contributed by atoms with Gasteiger partial charge in [0.2, 0.25) is 0 Å². The lowest BCUT2D eigenvalue weighted by Gasteiger charge is -2.13. The van der Waals surface area contributed by atoms with Gasteiger partial charge in [0, 0.05) is 23.9 Å². The van der Waals surface area contributed by atoms with Crippen LogP contribution >= 0.6 is 12.2 Å². The zero-order valence-electron chi connectivity index (χ0n) is 13.0. The largest absolute Gasteiger partial charge is 0.865 e. The van der Waals surface area contributed by atoms with Gasteiger partial charge in [-0.1, -0.05) is 19.8 Å². The molecular formula is C14H19N4O4S-. The smallest absolute Gasteiger partial charge is 0.266 e. The minimum absolute atomic E-state index is 0.110. The van der Waals surface area contributed by atoms with Crippen LogP contribution in [0.1, 0.15) is 31.7 Å². The maximum Gasteiger partial charge on any atom is 0.266 e. The molecule has 0 aliphatic heterocycles. The van der Waals surface area contributed by atoms with Gasteiger partial charge in [-0.15, -0.1) is 0 Å². The molecule has 1 aromatic carbocycles. The summed E-state index contributed by atoms with van der Waals surface area (Å²) in [7, 11) is 1.27. The SMILES string of the molecule is CCCCCNC(=S)N/N=C\c1cc(OC)c([O-])c([N+](=O)[O-])c1. The van der Waals surface area contributed by atoms with Crippen molar-refractivity contribution in [2.45, 2.75) is 26.2 Å². The van der Waals surface area contributed by atoms with Crippen molar-refractivity contribution in [3.05, 3.63) is 27.8 Å². The molecule has 0 saturated heterocycles. The average Bonchev–Trinajstić information content (AvgIpc) is 2.52. The van der Waals surface area contributed by atoms with E-state index < -0.39 is 16.4 Å². The first-order valence-electron chi connectivity index (χ1n) is 7.10. The van der Waals surface area contributed by atoms with E-state index in [2.05, 4.69) is 22.8 Å². The van der Waals surface area contributed by atoms with Gasteiger partial charge in [0.25, 0.3) is 5.69 Å². The summed E-state index contributed by atoms with van der Waals surface area (Å²) in [6.07, 6.45) is 4.58. The number of nitrogens with one attached hydrogen (secondary N) is 2. The van der Waals surface area contributed by atoms with Crippen LogP contribution in [0.15, 0.2) is 17.2 Å². The molecule has 0 saturated carbocycles. The van der Waals surface area contributed by atoms with E-state index in [0.29, 0.717) is 10.7 Å². The molecule has 2 N–H and O–H groups in total. The highest BCUT2D eigenvalue weighted by atomic mass is 32.1. The van der Waals surface area contributed by atoms with E-state index in [-0.39, 0.29) is 5.75 Å². The molecule has 0 aliphatic carbocycles. The first-order chi connectivity index (χ1) is 11.0. The fourth-order valence-corrected chi connectivity index (χ4v) is 1.91. The monoisotopic (exact) mass is 339 g/mol. The average molecular weight is 339 g/mol. The third-order valence-corrected chi connectivity index (χ3v) is 3.16. The zero-order chi connectivity index (χ0) is 17.2. The third-order valence-electron chi connectivity index (χ3n) is 2.92. The third kappa shape index (κ3) is 6.07. The van der Waals surface area contributed by atoms with Gasteiger partial charge < -0.3 is 15.2 Å². The number of nitrogens with zero attached hydrogens (tertiary/aromatic N) is 2. The Morgan fingerprint density at radius 3 is 2.83 bits per heavy atom. The number of hydrogen-bond acceptors (Lipinski definition) is 6. The van der Waals surface area contributed by atoms with Crippen LogP contribution in [0.5, 0.6) is 11.5 Å². The van der Waals surface area contributed by atoms with Gasteiger partial charge in [-0.3, -0.25) is 15.5 Å². The van der Waals surface area contributed by atoms with Crippen molar-refractivity contribution < 1.29 is 14.8 Å². The molecule has 0 radical (unpaired) electrons. The van der Waals surface area contributed by atoms with Crippen molar-refractivity contribution in [2.75, 3.05) is 13.7 Å². The fraction of sp³-hybridized carbons (Fsp3) is 0.429. The number of nitro benzene ring substituents is 1. The Kier molecular flexibility index (Phi) is 7.75. The lowest BCUT2D eigenvalue weighted by molar-refractivity contribution is -0.398. The topological polar surface area (TPSA) is 112 Å². The molecule has 0 atom stereocenters. The summed E-state index contributed by atoms with van der Waals surface area (Å²) >= 11 is 5.04. The second kappa shape index (κ2) is 9.57. The Balaban J connectivity index is 2.67. The molecule has 0 bridgehead atoms. The minimum atomic E-state index is -0.768. The predicted molar refractivity (Wildman–Crippen MR) is 89.9 cm³/mol. The Hall–Kier alpha value is -2.42. The number of ether oxygens (including phenoxy) is 1. The number of hydrazone groups is 1. The lowest BCUT2D eigenvalue weighted by Crippen LogP contribution is -2.32. The van der Waals surface area contributed by atoms with Gasteiger partial charge >= 0.3 is 0 Å². The van der Waals surface area contributed by atoms with Crippen molar-refractivity contribution in [3.63, 3.8) is 0 Å². The molecule has 0 fully saturated rings. The molecule has 9 heteroatoms. The van der Waals surface area contributed by atoms with Crippen molar-refractivity contribution in [1.29, 1.82) is 0 Å². The summed E-state index contributed by atoms with van der Waals surface area (Å²) in [4.78, 5) is 10.1. The van der Waals surface area contributed by atoms with E-state index in [0.717, 1.165) is 31.9 Å². The summed E-state index contributed by atoms with van der Waals surface area (Å²) in [6, 6.07) is 2.51.